The highest BCUT2D eigenvalue weighted by Crippen LogP contribution is 2.35. The number of thiophene rings is 1. The van der Waals surface area contributed by atoms with E-state index < -0.39 is 0 Å². The van der Waals surface area contributed by atoms with Gasteiger partial charge >= 0.3 is 0 Å². The molecule has 6 heteroatoms. The van der Waals surface area contributed by atoms with E-state index >= 15 is 0 Å². The molecule has 2 rings (SSSR count). The van der Waals surface area contributed by atoms with Crippen LogP contribution in [0.2, 0.25) is 8.67 Å². The maximum atomic E-state index is 12.4. The van der Waals surface area contributed by atoms with Crippen LogP contribution in [0.25, 0.3) is 0 Å². The van der Waals surface area contributed by atoms with Crippen molar-refractivity contribution in [1.29, 1.82) is 0 Å². The third kappa shape index (κ3) is 2.83. The minimum atomic E-state index is -0.143. The van der Waals surface area contributed by atoms with Gasteiger partial charge in [-0.25, -0.2) is 0 Å². The van der Waals surface area contributed by atoms with Crippen LogP contribution in [0, 0.1) is 6.92 Å². The summed E-state index contributed by atoms with van der Waals surface area (Å²) in [6.45, 7) is 1.96. The third-order valence-corrected chi connectivity index (χ3v) is 5.39. The molecule has 94 valence electrons. The SMILES string of the molecule is Cc1cc(Br)c(C(=O)c2cc(Cl)sc2Cl)cc1Br. The van der Waals surface area contributed by atoms with Crippen molar-refractivity contribution in [2.45, 2.75) is 6.92 Å². The first-order chi connectivity index (χ1) is 8.40. The third-order valence-electron chi connectivity index (χ3n) is 2.39. The van der Waals surface area contributed by atoms with Crippen molar-refractivity contribution in [2.75, 3.05) is 0 Å². The van der Waals surface area contributed by atoms with Gasteiger partial charge in [-0.15, -0.1) is 11.3 Å². The highest BCUT2D eigenvalue weighted by atomic mass is 79.9. The molecule has 0 bridgehead atoms. The Balaban J connectivity index is 2.53. The number of hydrogen-bond donors (Lipinski definition) is 0. The number of benzene rings is 1. The zero-order valence-corrected chi connectivity index (χ0v) is 14.6. The molecule has 0 aliphatic carbocycles. The standard InChI is InChI=1S/C12H6Br2Cl2OS/c1-5-2-9(14)6(3-8(5)13)11(17)7-4-10(15)18-12(7)16/h2-4H,1H3. The van der Waals surface area contributed by atoms with E-state index in [1.165, 1.54) is 11.3 Å². The summed E-state index contributed by atoms with van der Waals surface area (Å²) in [4.78, 5) is 12.4. The molecule has 0 saturated carbocycles. The van der Waals surface area contributed by atoms with Gasteiger partial charge in [0.15, 0.2) is 5.78 Å². The van der Waals surface area contributed by atoms with Gasteiger partial charge in [-0.1, -0.05) is 55.1 Å². The van der Waals surface area contributed by atoms with E-state index in [0.29, 0.717) is 19.8 Å². The molecule has 0 amide bonds. The monoisotopic (exact) mass is 426 g/mol. The van der Waals surface area contributed by atoms with Gasteiger partial charge in [-0.2, -0.15) is 0 Å². The maximum absolute atomic E-state index is 12.4. The van der Waals surface area contributed by atoms with Gasteiger partial charge in [-0.05, 0) is 30.7 Å². The maximum Gasteiger partial charge on any atom is 0.196 e. The number of carbonyl (C=O) groups is 1. The molecular formula is C12H6Br2Cl2OS. The van der Waals surface area contributed by atoms with Gasteiger partial charge in [0, 0.05) is 14.5 Å². The Morgan fingerprint density at radius 1 is 1.11 bits per heavy atom. The second-order valence-electron chi connectivity index (χ2n) is 3.65. The van der Waals surface area contributed by atoms with E-state index in [1.54, 1.807) is 12.1 Å². The summed E-state index contributed by atoms with van der Waals surface area (Å²) in [6, 6.07) is 5.26. The summed E-state index contributed by atoms with van der Waals surface area (Å²) < 4.78 is 2.54. The minimum absolute atomic E-state index is 0.143. The number of ketones is 1. The molecule has 1 aromatic carbocycles. The zero-order valence-electron chi connectivity index (χ0n) is 9.06. The fraction of sp³-hybridized carbons (Fsp3) is 0.0833. The lowest BCUT2D eigenvalue weighted by molar-refractivity contribution is 0.103. The zero-order chi connectivity index (χ0) is 13.4. The lowest BCUT2D eigenvalue weighted by Gasteiger charge is -2.06. The number of rotatable bonds is 2. The second kappa shape index (κ2) is 5.63. The van der Waals surface area contributed by atoms with E-state index in [2.05, 4.69) is 31.9 Å². The molecule has 0 unspecified atom stereocenters. The van der Waals surface area contributed by atoms with Crippen molar-refractivity contribution in [3.05, 3.63) is 52.5 Å². The highest BCUT2D eigenvalue weighted by molar-refractivity contribution is 9.11. The molecule has 0 atom stereocenters. The van der Waals surface area contributed by atoms with Crippen LogP contribution < -0.4 is 0 Å². The van der Waals surface area contributed by atoms with Crippen LogP contribution in [0.3, 0.4) is 0 Å². The normalized spacial score (nSPS) is 10.7. The Morgan fingerprint density at radius 2 is 1.78 bits per heavy atom. The van der Waals surface area contributed by atoms with Gasteiger partial charge < -0.3 is 0 Å². The molecule has 18 heavy (non-hydrogen) atoms. The van der Waals surface area contributed by atoms with Crippen molar-refractivity contribution >= 4 is 72.2 Å². The first kappa shape index (κ1) is 14.5. The number of halogens is 4. The van der Waals surface area contributed by atoms with Crippen molar-refractivity contribution in [2.24, 2.45) is 0 Å². The van der Waals surface area contributed by atoms with Crippen LogP contribution in [-0.4, -0.2) is 5.78 Å². The molecule has 1 heterocycles. The Labute approximate surface area is 135 Å². The van der Waals surface area contributed by atoms with E-state index in [0.717, 1.165) is 14.5 Å². The largest absolute Gasteiger partial charge is 0.288 e. The average Bonchev–Trinajstić information content (AvgIpc) is 2.62. The second-order valence-corrected chi connectivity index (χ2v) is 7.64. The van der Waals surface area contributed by atoms with Gasteiger partial charge in [0.2, 0.25) is 0 Å². The summed E-state index contributed by atoms with van der Waals surface area (Å²) in [5.41, 5.74) is 2.04. The lowest BCUT2D eigenvalue weighted by atomic mass is 10.0. The predicted octanol–water partition coefficient (Wildman–Crippen LogP) is 6.12. The number of carbonyl (C=O) groups excluding carboxylic acids is 1. The Hall–Kier alpha value is 0.130. The van der Waals surface area contributed by atoms with E-state index in [-0.39, 0.29) is 5.78 Å². The van der Waals surface area contributed by atoms with Gasteiger partial charge in [0.25, 0.3) is 0 Å². The Morgan fingerprint density at radius 3 is 2.33 bits per heavy atom. The lowest BCUT2D eigenvalue weighted by Crippen LogP contribution is -2.02. The van der Waals surface area contributed by atoms with Crippen molar-refractivity contribution < 1.29 is 4.79 Å². The van der Waals surface area contributed by atoms with E-state index in [9.17, 15) is 4.79 Å². The first-order valence-corrected chi connectivity index (χ1v) is 8.01. The Kier molecular flexibility index (Phi) is 4.55. The first-order valence-electron chi connectivity index (χ1n) is 4.85. The van der Waals surface area contributed by atoms with Crippen LogP contribution in [0.15, 0.2) is 27.1 Å². The van der Waals surface area contributed by atoms with Gasteiger partial charge in [-0.3, -0.25) is 4.79 Å². The molecule has 0 fully saturated rings. The molecule has 2 aromatic rings. The van der Waals surface area contributed by atoms with Crippen LogP contribution in [0.5, 0.6) is 0 Å². The molecule has 0 aliphatic heterocycles. The average molecular weight is 429 g/mol. The quantitative estimate of drug-likeness (QED) is 0.526. The summed E-state index contributed by atoms with van der Waals surface area (Å²) in [5.74, 6) is -0.143. The molecule has 1 nitrogen and oxygen atoms in total. The molecule has 0 saturated heterocycles. The molecule has 0 radical (unpaired) electrons. The fourth-order valence-corrected chi connectivity index (χ4v) is 3.90. The smallest absolute Gasteiger partial charge is 0.196 e. The topological polar surface area (TPSA) is 17.1 Å². The van der Waals surface area contributed by atoms with Crippen molar-refractivity contribution in [3.8, 4) is 0 Å². The molecule has 0 aliphatic rings. The summed E-state index contributed by atoms with van der Waals surface area (Å²) in [6.07, 6.45) is 0. The molecule has 0 N–H and O–H groups in total. The van der Waals surface area contributed by atoms with Crippen molar-refractivity contribution in [1.82, 2.24) is 0 Å². The van der Waals surface area contributed by atoms with Crippen molar-refractivity contribution in [3.63, 3.8) is 0 Å². The molecular weight excluding hydrogens is 423 g/mol. The van der Waals surface area contributed by atoms with Crippen LogP contribution in [0.4, 0.5) is 0 Å². The summed E-state index contributed by atoms with van der Waals surface area (Å²) >= 11 is 19.9. The predicted molar refractivity (Wildman–Crippen MR) is 84.4 cm³/mol. The number of aryl methyl sites for hydroxylation is 1. The van der Waals surface area contributed by atoms with Crippen LogP contribution >= 0.6 is 66.4 Å². The molecule has 1 aromatic heterocycles. The molecule has 0 spiro atoms. The van der Waals surface area contributed by atoms with E-state index in [1.807, 2.05) is 13.0 Å². The summed E-state index contributed by atoms with van der Waals surface area (Å²) in [7, 11) is 0. The fourth-order valence-electron chi connectivity index (χ4n) is 1.46. The van der Waals surface area contributed by atoms with E-state index in [4.69, 9.17) is 23.2 Å². The highest BCUT2D eigenvalue weighted by Gasteiger charge is 2.19. The number of hydrogen-bond acceptors (Lipinski definition) is 2. The van der Waals surface area contributed by atoms with Crippen LogP contribution in [-0.2, 0) is 0 Å². The minimum Gasteiger partial charge on any atom is -0.288 e. The van der Waals surface area contributed by atoms with Gasteiger partial charge in [0.1, 0.15) is 4.34 Å². The Bertz CT molecular complexity index is 637. The van der Waals surface area contributed by atoms with Crippen LogP contribution in [0.1, 0.15) is 21.5 Å². The summed E-state index contributed by atoms with van der Waals surface area (Å²) in [5, 5.41) is 0. The van der Waals surface area contributed by atoms with Gasteiger partial charge in [0.05, 0.1) is 9.90 Å².